The van der Waals surface area contributed by atoms with Crippen LogP contribution in [0.4, 0.5) is 0 Å². The van der Waals surface area contributed by atoms with Crippen LogP contribution in [0, 0.1) is 17.8 Å². The Labute approximate surface area is 320 Å². The van der Waals surface area contributed by atoms with Crippen LogP contribution in [0.2, 0.25) is 0 Å². The van der Waals surface area contributed by atoms with Crippen LogP contribution >= 0.6 is 0 Å². The second-order valence-electron chi connectivity index (χ2n) is 15.5. The summed E-state index contributed by atoms with van der Waals surface area (Å²) in [4.78, 5) is 25.6. The van der Waals surface area contributed by atoms with Gasteiger partial charge in [-0.2, -0.15) is 0 Å². The van der Waals surface area contributed by atoms with Gasteiger partial charge in [0.25, 0.3) is 0 Å². The Kier molecular flexibility index (Phi) is 7.41. The van der Waals surface area contributed by atoms with Gasteiger partial charge in [0.2, 0.25) is 0 Å². The van der Waals surface area contributed by atoms with E-state index in [1.165, 1.54) is 24.8 Å². The monoisotopic (exact) mass is 707 g/mol. The molecule has 3 fully saturated rings. The van der Waals surface area contributed by atoms with Gasteiger partial charge in [-0.05, 0) is 83.4 Å². The van der Waals surface area contributed by atoms with Crippen molar-refractivity contribution in [1.82, 2.24) is 24.9 Å². The van der Waals surface area contributed by atoms with Crippen molar-refractivity contribution in [3.05, 3.63) is 175 Å². The lowest BCUT2D eigenvalue weighted by molar-refractivity contribution is -0.219. The minimum Gasteiger partial charge on any atom is -0.228 e. The van der Waals surface area contributed by atoms with E-state index >= 15 is 0 Å². The van der Waals surface area contributed by atoms with Crippen molar-refractivity contribution in [3.63, 3.8) is 0 Å². The molecule has 3 aliphatic carbocycles. The molecule has 0 amide bonds. The molecule has 5 heteroatoms. The first kappa shape index (κ1) is 31.9. The Morgan fingerprint density at radius 1 is 0.345 bits per heavy atom. The molecule has 0 radical (unpaired) electrons. The van der Waals surface area contributed by atoms with E-state index in [-0.39, 0.29) is 0 Å². The maximum Gasteiger partial charge on any atom is 0.164 e. The Hall–Kier alpha value is -6.59. The van der Waals surface area contributed by atoms with Crippen LogP contribution < -0.4 is 0 Å². The number of rotatable bonds is 8. The average Bonchev–Trinajstić information content (AvgIpc) is 3.27. The standard InChI is InChI=1S/C50H37N5/c1-4-13-32(14-5-1)35-19-10-21-37(25-35)48-53-46(34-17-8-3-9-18-34)54-49(55-48)39-23-11-22-38(26-39)47-51-43(33-15-6-2-7-16-33)29-44(52-47)36-20-12-24-42(28-36)50-30-40-27-41(31-50)45(40)50/h1-26,28-29,40-41,45H,27,30-31H2. The molecule has 3 aliphatic rings. The van der Waals surface area contributed by atoms with E-state index in [1.807, 2.05) is 48.5 Å². The molecule has 2 unspecified atom stereocenters. The Bertz CT molecular complexity index is 2700. The van der Waals surface area contributed by atoms with Crippen LogP contribution in [0.3, 0.4) is 0 Å². The zero-order valence-corrected chi connectivity index (χ0v) is 30.3. The van der Waals surface area contributed by atoms with Gasteiger partial charge in [-0.3, -0.25) is 0 Å². The Morgan fingerprint density at radius 2 is 0.782 bits per heavy atom. The summed E-state index contributed by atoms with van der Waals surface area (Å²) in [5.74, 6) is 5.31. The highest BCUT2D eigenvalue weighted by Crippen LogP contribution is 2.77. The predicted octanol–water partition coefficient (Wildman–Crippen LogP) is 11.6. The van der Waals surface area contributed by atoms with E-state index in [1.54, 1.807) is 0 Å². The lowest BCUT2D eigenvalue weighted by Crippen LogP contribution is -2.71. The lowest BCUT2D eigenvalue weighted by Gasteiger charge is -2.76. The highest BCUT2D eigenvalue weighted by Gasteiger charge is 2.71. The number of benzene rings is 6. The summed E-state index contributed by atoms with van der Waals surface area (Å²) in [6.07, 6.45) is 4.14. The minimum atomic E-state index is 0.390. The molecule has 8 aromatic rings. The summed E-state index contributed by atoms with van der Waals surface area (Å²) >= 11 is 0. The fourth-order valence-corrected chi connectivity index (χ4v) is 9.68. The van der Waals surface area contributed by atoms with Crippen molar-refractivity contribution < 1.29 is 0 Å². The number of hydrogen-bond donors (Lipinski definition) is 0. The van der Waals surface area contributed by atoms with Crippen molar-refractivity contribution in [2.45, 2.75) is 24.7 Å². The molecule has 3 saturated carbocycles. The van der Waals surface area contributed by atoms with Gasteiger partial charge in [-0.25, -0.2) is 24.9 Å². The van der Waals surface area contributed by atoms with E-state index in [0.29, 0.717) is 28.7 Å². The molecule has 11 rings (SSSR count). The molecule has 2 aromatic heterocycles. The third-order valence-electron chi connectivity index (χ3n) is 12.3. The fourth-order valence-electron chi connectivity index (χ4n) is 9.68. The fraction of sp³-hybridized carbons (Fsp3) is 0.140. The molecule has 0 spiro atoms. The Balaban J connectivity index is 1.01. The molecule has 5 nitrogen and oxygen atoms in total. The molecule has 0 N–H and O–H groups in total. The van der Waals surface area contributed by atoms with Crippen LogP contribution in [0.5, 0.6) is 0 Å². The second-order valence-corrected chi connectivity index (χ2v) is 15.5. The molecule has 0 saturated heterocycles. The summed E-state index contributed by atoms with van der Waals surface area (Å²) in [7, 11) is 0. The third-order valence-corrected chi connectivity index (χ3v) is 12.3. The lowest BCUT2D eigenvalue weighted by atomic mass is 9.28. The maximum absolute atomic E-state index is 5.27. The zero-order chi connectivity index (χ0) is 36.3. The average molecular weight is 708 g/mol. The van der Waals surface area contributed by atoms with Gasteiger partial charge >= 0.3 is 0 Å². The van der Waals surface area contributed by atoms with Gasteiger partial charge < -0.3 is 0 Å². The Morgan fingerprint density at radius 3 is 1.36 bits per heavy atom. The normalized spacial score (nSPS) is 20.4. The first-order valence-corrected chi connectivity index (χ1v) is 19.3. The van der Waals surface area contributed by atoms with Gasteiger partial charge in [-0.15, -0.1) is 0 Å². The molecule has 55 heavy (non-hydrogen) atoms. The smallest absolute Gasteiger partial charge is 0.164 e. The van der Waals surface area contributed by atoms with Gasteiger partial charge in [-0.1, -0.05) is 146 Å². The van der Waals surface area contributed by atoms with Crippen LogP contribution in [0.25, 0.3) is 79.2 Å². The van der Waals surface area contributed by atoms with Crippen LogP contribution in [0.15, 0.2) is 170 Å². The third kappa shape index (κ3) is 5.49. The quantitative estimate of drug-likeness (QED) is 0.157. The first-order valence-electron chi connectivity index (χ1n) is 19.3. The largest absolute Gasteiger partial charge is 0.228 e. The minimum absolute atomic E-state index is 0.390. The summed E-state index contributed by atoms with van der Waals surface area (Å²) in [5, 5.41) is 0. The predicted molar refractivity (Wildman–Crippen MR) is 219 cm³/mol. The molecule has 2 atom stereocenters. The van der Waals surface area contributed by atoms with Crippen molar-refractivity contribution in [2.75, 3.05) is 0 Å². The highest BCUT2D eigenvalue weighted by molar-refractivity contribution is 5.76. The molecule has 0 bridgehead atoms. The van der Waals surface area contributed by atoms with E-state index in [2.05, 4.69) is 121 Å². The molecule has 6 aromatic carbocycles. The van der Waals surface area contributed by atoms with Gasteiger partial charge in [0.15, 0.2) is 23.3 Å². The molecule has 2 heterocycles. The number of nitrogens with zero attached hydrogens (tertiary/aromatic N) is 5. The summed E-state index contributed by atoms with van der Waals surface area (Å²) < 4.78 is 0. The van der Waals surface area contributed by atoms with E-state index in [4.69, 9.17) is 24.9 Å². The molecular formula is C50H37N5. The van der Waals surface area contributed by atoms with Crippen LogP contribution in [-0.2, 0) is 5.41 Å². The maximum atomic E-state index is 5.27. The summed E-state index contributed by atoms with van der Waals surface area (Å²) in [6, 6.07) is 58.9. The van der Waals surface area contributed by atoms with Gasteiger partial charge in [0.05, 0.1) is 11.4 Å². The van der Waals surface area contributed by atoms with E-state index < -0.39 is 0 Å². The zero-order valence-electron chi connectivity index (χ0n) is 30.3. The molecule has 0 aliphatic heterocycles. The van der Waals surface area contributed by atoms with Crippen molar-refractivity contribution in [3.8, 4) is 79.2 Å². The van der Waals surface area contributed by atoms with Crippen LogP contribution in [0.1, 0.15) is 24.8 Å². The SMILES string of the molecule is c1ccc(-c2cccc(-c3nc(-c4ccccc4)nc(-c4cccc(-c5nc(-c6ccccc6)cc(-c6cccc(C78CC9CC(C7)C98)c6)n5)c4)n3)c2)cc1. The molecular weight excluding hydrogens is 671 g/mol. The van der Waals surface area contributed by atoms with Crippen LogP contribution in [-0.4, -0.2) is 24.9 Å². The van der Waals surface area contributed by atoms with E-state index in [0.717, 1.165) is 73.6 Å². The topological polar surface area (TPSA) is 64.5 Å². The summed E-state index contributed by atoms with van der Waals surface area (Å²) in [5.41, 5.74) is 11.8. The number of aromatic nitrogens is 5. The van der Waals surface area contributed by atoms with Crippen molar-refractivity contribution >= 4 is 0 Å². The van der Waals surface area contributed by atoms with Crippen molar-refractivity contribution in [2.24, 2.45) is 17.8 Å². The van der Waals surface area contributed by atoms with Gasteiger partial charge in [0, 0.05) is 33.4 Å². The second kappa shape index (κ2) is 12.8. The first-order chi connectivity index (χ1) is 27.2. The van der Waals surface area contributed by atoms with E-state index in [9.17, 15) is 0 Å². The highest BCUT2D eigenvalue weighted by atomic mass is 15.0. The number of hydrogen-bond acceptors (Lipinski definition) is 5. The van der Waals surface area contributed by atoms with Crippen molar-refractivity contribution in [1.29, 1.82) is 0 Å². The molecule has 262 valence electrons. The van der Waals surface area contributed by atoms with Gasteiger partial charge in [0.1, 0.15) is 0 Å². The summed E-state index contributed by atoms with van der Waals surface area (Å²) in [6.45, 7) is 0.